The molecule has 2 aliphatic heterocycles. The van der Waals surface area contributed by atoms with Gasteiger partial charge in [0.25, 0.3) is 0 Å². The van der Waals surface area contributed by atoms with Crippen molar-refractivity contribution in [3.8, 4) is 11.1 Å². The number of amidine groups is 2. The van der Waals surface area contributed by atoms with E-state index in [0.717, 1.165) is 45.1 Å². The van der Waals surface area contributed by atoms with Crippen LogP contribution in [0.4, 0.5) is 11.4 Å². The summed E-state index contributed by atoms with van der Waals surface area (Å²) in [5.74, 6) is 2.58. The van der Waals surface area contributed by atoms with Crippen LogP contribution in [0.2, 0.25) is 0 Å². The van der Waals surface area contributed by atoms with Crippen LogP contribution in [0.5, 0.6) is 0 Å². The van der Waals surface area contributed by atoms with E-state index in [1.165, 1.54) is 44.8 Å². The van der Waals surface area contributed by atoms with Crippen molar-refractivity contribution in [1.29, 1.82) is 0 Å². The molecule has 0 amide bonds. The average Bonchev–Trinajstić information content (AvgIpc) is 3.84. The third-order valence-electron chi connectivity index (χ3n) is 11.7. The van der Waals surface area contributed by atoms with E-state index >= 15 is 0 Å². The first kappa shape index (κ1) is 30.2. The van der Waals surface area contributed by atoms with E-state index in [1.807, 2.05) is 6.07 Å². The van der Waals surface area contributed by atoms with E-state index < -0.39 is 6.17 Å². The van der Waals surface area contributed by atoms with Gasteiger partial charge < -0.3 is 14.6 Å². The number of rotatable bonds is 4. The van der Waals surface area contributed by atoms with Crippen LogP contribution in [-0.2, 0) is 5.41 Å². The van der Waals surface area contributed by atoms with Gasteiger partial charge in [0.05, 0.1) is 6.04 Å². The van der Waals surface area contributed by atoms with Gasteiger partial charge in [-0.1, -0.05) is 141 Å². The zero-order valence-corrected chi connectivity index (χ0v) is 29.5. The number of fused-ring (bicyclic) bond motifs is 10. The van der Waals surface area contributed by atoms with E-state index in [0.29, 0.717) is 0 Å². The molecule has 0 fully saturated rings. The number of hydrogen-bond donors (Lipinski definition) is 1. The van der Waals surface area contributed by atoms with E-state index in [2.05, 4.69) is 176 Å². The summed E-state index contributed by atoms with van der Waals surface area (Å²) in [5.41, 5.74) is 14.0. The summed E-state index contributed by atoms with van der Waals surface area (Å²) in [6.07, 6.45) is 4.04. The predicted octanol–water partition coefficient (Wildman–Crippen LogP) is 10.9. The predicted molar refractivity (Wildman–Crippen MR) is 215 cm³/mol. The molecule has 0 spiro atoms. The van der Waals surface area contributed by atoms with Gasteiger partial charge in [-0.2, -0.15) is 0 Å². The number of benzene rings is 6. The van der Waals surface area contributed by atoms with Crippen LogP contribution in [-0.4, -0.2) is 17.7 Å². The lowest BCUT2D eigenvalue weighted by molar-refractivity contribution is 0.584. The molecular weight excluding hydrogens is 649 g/mol. The Labute approximate surface area is 308 Å². The highest BCUT2D eigenvalue weighted by atomic mass is 16.3. The fourth-order valence-corrected chi connectivity index (χ4v) is 9.25. The summed E-state index contributed by atoms with van der Waals surface area (Å²) in [7, 11) is 0. The standard InChI is InChI=1S/C48H36N4O/c1-48(2)36-21-11-9-18-32(36)33-25-24-30(28-37(33)48)46-49-45(29-14-5-3-6-15-29)50-47(51-46)35-20-13-23-40-43(35)44-41(53-40)27-26-39-42(44)34-19-10-12-22-38(34)52(39)31-16-7-4-8-17-31/h3-28,39,42,46H,1-2H3,(H,49,50,51). The van der Waals surface area contributed by atoms with Crippen molar-refractivity contribution < 1.29 is 4.42 Å². The number of para-hydroxylation sites is 2. The fraction of sp³-hybridized carbons (Fsp3) is 0.125. The molecule has 53 heavy (non-hydrogen) atoms. The number of nitrogens with one attached hydrogen (secondary N) is 1. The molecule has 6 aromatic carbocycles. The minimum Gasteiger partial charge on any atom is -0.456 e. The molecule has 5 heteroatoms. The molecule has 2 aliphatic carbocycles. The van der Waals surface area contributed by atoms with Gasteiger partial charge >= 0.3 is 0 Å². The molecule has 0 saturated carbocycles. The maximum atomic E-state index is 6.69. The molecule has 3 unspecified atom stereocenters. The van der Waals surface area contributed by atoms with Crippen LogP contribution in [0.1, 0.15) is 70.6 Å². The Morgan fingerprint density at radius 3 is 2.25 bits per heavy atom. The van der Waals surface area contributed by atoms with Gasteiger partial charge in [-0.3, -0.25) is 0 Å². The van der Waals surface area contributed by atoms with Crippen LogP contribution < -0.4 is 10.2 Å². The van der Waals surface area contributed by atoms with Crippen LogP contribution in [0.3, 0.4) is 0 Å². The first-order valence-electron chi connectivity index (χ1n) is 18.4. The molecule has 1 N–H and O–H groups in total. The van der Waals surface area contributed by atoms with Crippen molar-refractivity contribution in [3.63, 3.8) is 0 Å². The molecular formula is C48H36N4O. The first-order valence-corrected chi connectivity index (χ1v) is 18.4. The topological polar surface area (TPSA) is 53.1 Å². The lowest BCUT2D eigenvalue weighted by atomic mass is 9.81. The van der Waals surface area contributed by atoms with Crippen molar-refractivity contribution in [2.24, 2.45) is 9.98 Å². The molecule has 3 heterocycles. The highest BCUT2D eigenvalue weighted by Gasteiger charge is 2.44. The monoisotopic (exact) mass is 684 g/mol. The zero-order valence-electron chi connectivity index (χ0n) is 29.5. The lowest BCUT2D eigenvalue weighted by Gasteiger charge is -2.30. The third-order valence-corrected chi connectivity index (χ3v) is 11.7. The highest BCUT2D eigenvalue weighted by Crippen LogP contribution is 2.54. The number of nitrogens with zero attached hydrogens (tertiary/aromatic N) is 3. The molecule has 0 radical (unpaired) electrons. The molecule has 5 nitrogen and oxygen atoms in total. The van der Waals surface area contributed by atoms with E-state index in [9.17, 15) is 0 Å². The summed E-state index contributed by atoms with van der Waals surface area (Å²) in [5, 5.41) is 4.79. The van der Waals surface area contributed by atoms with Gasteiger partial charge in [0.15, 0.2) is 6.17 Å². The lowest BCUT2D eigenvalue weighted by Crippen LogP contribution is -2.36. The first-order chi connectivity index (χ1) is 26.0. The molecule has 254 valence electrons. The van der Waals surface area contributed by atoms with Gasteiger partial charge in [-0.25, -0.2) is 9.98 Å². The second-order valence-electron chi connectivity index (χ2n) is 14.9. The Morgan fingerprint density at radius 2 is 1.38 bits per heavy atom. The van der Waals surface area contributed by atoms with Crippen molar-refractivity contribution >= 4 is 40.1 Å². The summed E-state index contributed by atoms with van der Waals surface area (Å²) in [6, 6.07) is 51.9. The Balaban J connectivity index is 1.08. The smallest absolute Gasteiger partial charge is 0.169 e. The van der Waals surface area contributed by atoms with Gasteiger partial charge in [0.2, 0.25) is 0 Å². The molecule has 0 saturated heterocycles. The van der Waals surface area contributed by atoms with E-state index in [-0.39, 0.29) is 17.4 Å². The largest absolute Gasteiger partial charge is 0.456 e. The number of aliphatic imine (C=N–C) groups is 2. The van der Waals surface area contributed by atoms with Crippen molar-refractivity contribution in [1.82, 2.24) is 5.32 Å². The van der Waals surface area contributed by atoms with E-state index in [1.54, 1.807) is 0 Å². The van der Waals surface area contributed by atoms with Gasteiger partial charge in [0.1, 0.15) is 23.0 Å². The molecule has 0 bridgehead atoms. The number of furan rings is 1. The van der Waals surface area contributed by atoms with Crippen LogP contribution in [0.25, 0.3) is 28.2 Å². The van der Waals surface area contributed by atoms with Crippen molar-refractivity contribution in [2.75, 3.05) is 4.90 Å². The maximum Gasteiger partial charge on any atom is 0.169 e. The van der Waals surface area contributed by atoms with Crippen LogP contribution in [0.15, 0.2) is 166 Å². The maximum absolute atomic E-state index is 6.69. The van der Waals surface area contributed by atoms with Crippen molar-refractivity contribution in [2.45, 2.75) is 37.4 Å². The summed E-state index contributed by atoms with van der Waals surface area (Å²) in [6.45, 7) is 4.64. The molecule has 3 atom stereocenters. The Kier molecular flexibility index (Phi) is 6.42. The normalized spacial score (nSPS) is 20.1. The van der Waals surface area contributed by atoms with Crippen LogP contribution in [0, 0.1) is 0 Å². The minimum atomic E-state index is -0.433. The minimum absolute atomic E-state index is 0.0802. The second-order valence-corrected chi connectivity index (χ2v) is 14.9. The second kappa shape index (κ2) is 11.3. The molecule has 7 aromatic rings. The van der Waals surface area contributed by atoms with Gasteiger partial charge in [0, 0.05) is 44.8 Å². The van der Waals surface area contributed by atoms with Gasteiger partial charge in [-0.15, -0.1) is 0 Å². The summed E-state index contributed by atoms with van der Waals surface area (Å²) in [4.78, 5) is 13.2. The Bertz CT molecular complexity index is 2700. The number of hydrogen-bond acceptors (Lipinski definition) is 5. The number of anilines is 2. The Hall–Kier alpha value is -6.46. The average molecular weight is 685 g/mol. The fourth-order valence-electron chi connectivity index (χ4n) is 9.25. The molecule has 4 aliphatic rings. The molecule has 1 aromatic heterocycles. The Morgan fingerprint density at radius 1 is 0.660 bits per heavy atom. The highest BCUT2D eigenvalue weighted by molar-refractivity contribution is 6.20. The van der Waals surface area contributed by atoms with E-state index in [4.69, 9.17) is 14.4 Å². The quantitative estimate of drug-likeness (QED) is 0.201. The summed E-state index contributed by atoms with van der Waals surface area (Å²) >= 11 is 0. The SMILES string of the molecule is CC1(C)c2ccccc2-c2ccc(C3N=C(c4ccccc4)NC(c4cccc5oc6c(c45)C4c5ccccc5N(c5ccccc5)C4C=C6)=N3)cc21. The van der Waals surface area contributed by atoms with Gasteiger partial charge in [-0.05, 0) is 63.7 Å². The van der Waals surface area contributed by atoms with Crippen molar-refractivity contribution in [3.05, 3.63) is 196 Å². The summed E-state index contributed by atoms with van der Waals surface area (Å²) < 4.78 is 6.69. The third kappa shape index (κ3) is 4.43. The van der Waals surface area contributed by atoms with Crippen LogP contribution >= 0.6 is 0 Å². The zero-order chi connectivity index (χ0) is 35.3. The molecule has 11 rings (SSSR count).